The van der Waals surface area contributed by atoms with Gasteiger partial charge in [-0.3, -0.25) is 4.98 Å². The second-order valence-corrected chi connectivity index (χ2v) is 4.09. The Kier molecular flexibility index (Phi) is 2.90. The molecule has 4 nitrogen and oxygen atoms in total. The van der Waals surface area contributed by atoms with Crippen LogP contribution in [0.1, 0.15) is 0 Å². The Morgan fingerprint density at radius 2 is 1.94 bits per heavy atom. The smallest absolute Gasteiger partial charge is 0.0723 e. The number of hydrazine groups is 1. The highest BCUT2D eigenvalue weighted by atomic mass is 16.5. The Morgan fingerprint density at radius 3 is 2.82 bits per heavy atom. The average Bonchev–Trinajstić information content (AvgIpc) is 2.40. The van der Waals surface area contributed by atoms with Crippen molar-refractivity contribution in [1.29, 1.82) is 0 Å². The monoisotopic (exact) mass is 229 g/mol. The molecule has 1 aliphatic rings. The van der Waals surface area contributed by atoms with Gasteiger partial charge in [0.2, 0.25) is 0 Å². The maximum atomic E-state index is 5.33. The summed E-state index contributed by atoms with van der Waals surface area (Å²) in [6, 6.07) is 10.2. The van der Waals surface area contributed by atoms with E-state index in [2.05, 4.69) is 21.5 Å². The molecule has 0 unspecified atom stereocenters. The third-order valence-corrected chi connectivity index (χ3v) is 2.94. The first-order valence-corrected chi connectivity index (χ1v) is 5.86. The molecule has 0 bridgehead atoms. The van der Waals surface area contributed by atoms with Crippen molar-refractivity contribution in [1.82, 2.24) is 9.99 Å². The number of anilines is 1. The molecule has 4 heteroatoms. The standard InChI is InChI=1S/C13H15N3O/c1-2-4-12-11(3-1)13(5-6-14-12)15-16-7-9-17-10-8-16/h1-6H,7-10H2,(H,14,15). The van der Waals surface area contributed by atoms with Crippen molar-refractivity contribution in [3.8, 4) is 0 Å². The fraction of sp³-hybridized carbons (Fsp3) is 0.308. The first-order valence-electron chi connectivity index (χ1n) is 5.86. The number of nitrogens with one attached hydrogen (secondary N) is 1. The van der Waals surface area contributed by atoms with Gasteiger partial charge in [-0.25, -0.2) is 5.01 Å². The summed E-state index contributed by atoms with van der Waals surface area (Å²) in [4.78, 5) is 4.35. The SMILES string of the molecule is c1ccc2c(NN3CCOCC3)ccnc2c1. The molecule has 1 aromatic heterocycles. The van der Waals surface area contributed by atoms with Crippen LogP contribution in [0.15, 0.2) is 36.5 Å². The second-order valence-electron chi connectivity index (χ2n) is 4.09. The molecule has 17 heavy (non-hydrogen) atoms. The number of hydrogen-bond donors (Lipinski definition) is 1. The summed E-state index contributed by atoms with van der Waals surface area (Å²) >= 11 is 0. The highest BCUT2D eigenvalue weighted by Crippen LogP contribution is 2.21. The molecule has 1 saturated heterocycles. The van der Waals surface area contributed by atoms with Gasteiger partial charge in [0.25, 0.3) is 0 Å². The summed E-state index contributed by atoms with van der Waals surface area (Å²) < 4.78 is 5.33. The summed E-state index contributed by atoms with van der Waals surface area (Å²) in [7, 11) is 0. The van der Waals surface area contributed by atoms with Crippen LogP contribution in [0.2, 0.25) is 0 Å². The van der Waals surface area contributed by atoms with Crippen LogP contribution in [-0.2, 0) is 4.74 Å². The van der Waals surface area contributed by atoms with E-state index in [0.717, 1.165) is 42.9 Å². The van der Waals surface area contributed by atoms with E-state index in [1.165, 1.54) is 0 Å². The first-order chi connectivity index (χ1) is 8.43. The lowest BCUT2D eigenvalue weighted by Crippen LogP contribution is -2.40. The number of ether oxygens (including phenoxy) is 1. The van der Waals surface area contributed by atoms with E-state index in [0.29, 0.717) is 0 Å². The van der Waals surface area contributed by atoms with Gasteiger partial charge >= 0.3 is 0 Å². The van der Waals surface area contributed by atoms with Crippen molar-refractivity contribution in [3.63, 3.8) is 0 Å². The molecule has 0 radical (unpaired) electrons. The van der Waals surface area contributed by atoms with Crippen molar-refractivity contribution >= 4 is 16.6 Å². The number of para-hydroxylation sites is 1. The minimum Gasteiger partial charge on any atom is -0.379 e. The van der Waals surface area contributed by atoms with Gasteiger partial charge in [0.15, 0.2) is 0 Å². The lowest BCUT2D eigenvalue weighted by molar-refractivity contribution is 0.0497. The first kappa shape index (κ1) is 10.5. The molecule has 1 aromatic carbocycles. The molecule has 2 aromatic rings. The summed E-state index contributed by atoms with van der Waals surface area (Å²) in [5.74, 6) is 0. The molecule has 1 N–H and O–H groups in total. The van der Waals surface area contributed by atoms with Gasteiger partial charge < -0.3 is 10.2 Å². The summed E-state index contributed by atoms with van der Waals surface area (Å²) in [5, 5.41) is 3.34. The number of pyridine rings is 1. The van der Waals surface area contributed by atoms with Crippen molar-refractivity contribution < 1.29 is 4.74 Å². The van der Waals surface area contributed by atoms with Crippen LogP contribution in [0.3, 0.4) is 0 Å². The summed E-state index contributed by atoms with van der Waals surface area (Å²) in [6.07, 6.45) is 1.84. The van der Waals surface area contributed by atoms with E-state index < -0.39 is 0 Å². The van der Waals surface area contributed by atoms with Crippen molar-refractivity contribution in [3.05, 3.63) is 36.5 Å². The third kappa shape index (κ3) is 2.23. The minimum atomic E-state index is 0.788. The van der Waals surface area contributed by atoms with E-state index in [9.17, 15) is 0 Å². The van der Waals surface area contributed by atoms with Crippen LogP contribution < -0.4 is 5.43 Å². The highest BCUT2D eigenvalue weighted by Gasteiger charge is 2.11. The van der Waals surface area contributed by atoms with Gasteiger partial charge in [0, 0.05) is 24.7 Å². The lowest BCUT2D eigenvalue weighted by atomic mass is 10.2. The van der Waals surface area contributed by atoms with Crippen LogP contribution >= 0.6 is 0 Å². The molecule has 0 amide bonds. The van der Waals surface area contributed by atoms with Crippen LogP contribution in [0.5, 0.6) is 0 Å². The Labute approximate surface area is 100 Å². The fourth-order valence-electron chi connectivity index (χ4n) is 2.04. The number of rotatable bonds is 2. The Balaban J connectivity index is 1.89. The zero-order valence-electron chi connectivity index (χ0n) is 9.60. The normalized spacial score (nSPS) is 17.2. The number of benzene rings is 1. The van der Waals surface area contributed by atoms with Gasteiger partial charge in [-0.15, -0.1) is 0 Å². The van der Waals surface area contributed by atoms with E-state index >= 15 is 0 Å². The molecular formula is C13H15N3O. The molecule has 3 rings (SSSR count). The number of nitrogens with zero attached hydrogens (tertiary/aromatic N) is 2. The van der Waals surface area contributed by atoms with E-state index in [1.807, 2.05) is 30.5 Å². The predicted octanol–water partition coefficient (Wildman–Crippen LogP) is 1.89. The van der Waals surface area contributed by atoms with Crippen molar-refractivity contribution in [2.45, 2.75) is 0 Å². The maximum absolute atomic E-state index is 5.33. The van der Waals surface area contributed by atoms with Crippen LogP contribution in [0.4, 0.5) is 5.69 Å². The molecule has 88 valence electrons. The number of hydrogen-bond acceptors (Lipinski definition) is 4. The zero-order chi connectivity index (χ0) is 11.5. The number of morpholine rings is 1. The number of aromatic nitrogens is 1. The van der Waals surface area contributed by atoms with Gasteiger partial charge in [-0.1, -0.05) is 18.2 Å². The fourth-order valence-corrected chi connectivity index (χ4v) is 2.04. The Hall–Kier alpha value is -1.65. The van der Waals surface area contributed by atoms with Crippen LogP contribution in [-0.4, -0.2) is 36.3 Å². The predicted molar refractivity (Wildman–Crippen MR) is 67.8 cm³/mol. The molecule has 0 saturated carbocycles. The van der Waals surface area contributed by atoms with Gasteiger partial charge in [0.05, 0.1) is 24.4 Å². The van der Waals surface area contributed by atoms with Crippen LogP contribution in [0, 0.1) is 0 Å². The van der Waals surface area contributed by atoms with E-state index in [4.69, 9.17) is 4.74 Å². The molecular weight excluding hydrogens is 214 g/mol. The van der Waals surface area contributed by atoms with E-state index in [1.54, 1.807) is 0 Å². The Bertz CT molecular complexity index is 503. The molecule has 2 heterocycles. The molecule has 1 fully saturated rings. The maximum Gasteiger partial charge on any atom is 0.0723 e. The van der Waals surface area contributed by atoms with Gasteiger partial charge in [0.1, 0.15) is 0 Å². The molecule has 0 spiro atoms. The van der Waals surface area contributed by atoms with Crippen molar-refractivity contribution in [2.75, 3.05) is 31.7 Å². The third-order valence-electron chi connectivity index (χ3n) is 2.94. The van der Waals surface area contributed by atoms with Crippen molar-refractivity contribution in [2.24, 2.45) is 0 Å². The molecule has 1 aliphatic heterocycles. The highest BCUT2D eigenvalue weighted by molar-refractivity contribution is 5.90. The lowest BCUT2D eigenvalue weighted by Gasteiger charge is -2.28. The number of fused-ring (bicyclic) bond motifs is 1. The Morgan fingerprint density at radius 1 is 1.12 bits per heavy atom. The summed E-state index contributed by atoms with van der Waals surface area (Å²) in [5.41, 5.74) is 5.57. The van der Waals surface area contributed by atoms with Crippen LogP contribution in [0.25, 0.3) is 10.9 Å². The van der Waals surface area contributed by atoms with Gasteiger partial charge in [-0.05, 0) is 12.1 Å². The second kappa shape index (κ2) is 4.69. The summed E-state index contributed by atoms with van der Waals surface area (Å²) in [6.45, 7) is 3.40. The minimum absolute atomic E-state index is 0.788. The topological polar surface area (TPSA) is 37.4 Å². The largest absolute Gasteiger partial charge is 0.379 e. The van der Waals surface area contributed by atoms with E-state index in [-0.39, 0.29) is 0 Å². The average molecular weight is 229 g/mol. The zero-order valence-corrected chi connectivity index (χ0v) is 9.60. The van der Waals surface area contributed by atoms with Gasteiger partial charge in [-0.2, -0.15) is 0 Å². The molecule has 0 aliphatic carbocycles. The molecule has 0 atom stereocenters. The quantitative estimate of drug-likeness (QED) is 0.853.